The molecule has 1 aromatic carbocycles. The summed E-state index contributed by atoms with van der Waals surface area (Å²) in [5.41, 5.74) is 4.04. The van der Waals surface area contributed by atoms with Gasteiger partial charge in [0.15, 0.2) is 0 Å². The summed E-state index contributed by atoms with van der Waals surface area (Å²) in [5.74, 6) is 0. The Morgan fingerprint density at radius 2 is 1.94 bits per heavy atom. The minimum atomic E-state index is 0.862. The molecule has 0 aliphatic carbocycles. The first kappa shape index (κ1) is 13.2. The van der Waals surface area contributed by atoms with Crippen molar-refractivity contribution in [3.05, 3.63) is 48.0 Å². The van der Waals surface area contributed by atoms with Crippen LogP contribution in [0.1, 0.15) is 18.1 Å². The van der Waals surface area contributed by atoms with Crippen LogP contribution in [0.2, 0.25) is 0 Å². The van der Waals surface area contributed by atoms with Crippen molar-refractivity contribution in [3.63, 3.8) is 0 Å². The van der Waals surface area contributed by atoms with Crippen molar-refractivity contribution >= 4 is 11.4 Å². The lowest BCUT2D eigenvalue weighted by Gasteiger charge is -2.09. The lowest BCUT2D eigenvalue weighted by molar-refractivity contribution is 0.438. The zero-order valence-corrected chi connectivity index (χ0v) is 10.9. The van der Waals surface area contributed by atoms with Gasteiger partial charge in [-0.25, -0.2) is 0 Å². The van der Waals surface area contributed by atoms with Gasteiger partial charge in [-0.05, 0) is 24.6 Å². The van der Waals surface area contributed by atoms with Gasteiger partial charge >= 0.3 is 0 Å². The molecule has 0 N–H and O–H groups in total. The Morgan fingerprint density at radius 1 is 1.29 bits per heavy atom. The molecule has 0 amide bonds. The van der Waals surface area contributed by atoms with Gasteiger partial charge in [0.2, 0.25) is 0 Å². The minimum Gasteiger partial charge on any atom is -0.303 e. The van der Waals surface area contributed by atoms with Crippen molar-refractivity contribution in [1.82, 2.24) is 5.01 Å². The summed E-state index contributed by atoms with van der Waals surface area (Å²) in [6.45, 7) is 5.79. The molecule has 0 unspecified atom stereocenters. The minimum absolute atomic E-state index is 0.862. The molecule has 1 aromatic rings. The van der Waals surface area contributed by atoms with E-state index in [1.807, 2.05) is 39.2 Å². The van der Waals surface area contributed by atoms with Crippen LogP contribution >= 0.6 is 0 Å². The maximum absolute atomic E-state index is 4.38. The fraction of sp³-hybridized carbons (Fsp3) is 0.286. The van der Waals surface area contributed by atoms with Crippen LogP contribution in [0.25, 0.3) is 0 Å². The summed E-state index contributed by atoms with van der Waals surface area (Å²) in [6, 6.07) is 8.15. The molecule has 1 rings (SSSR count). The number of rotatable bonds is 4. The highest BCUT2D eigenvalue weighted by atomic mass is 15.4. The number of hydrazone groups is 1. The fourth-order valence-corrected chi connectivity index (χ4v) is 1.46. The van der Waals surface area contributed by atoms with Crippen molar-refractivity contribution in [2.75, 3.05) is 21.1 Å². The summed E-state index contributed by atoms with van der Waals surface area (Å²) >= 11 is 0. The summed E-state index contributed by atoms with van der Waals surface area (Å²) in [7, 11) is 5.59. The smallest absolute Gasteiger partial charge is 0.0898 e. The first-order valence-electron chi connectivity index (χ1n) is 5.51. The molecule has 0 spiro atoms. The van der Waals surface area contributed by atoms with E-state index in [0.29, 0.717) is 0 Å². The second kappa shape index (κ2) is 5.99. The molecule has 0 atom stereocenters. The van der Waals surface area contributed by atoms with Gasteiger partial charge in [0.1, 0.15) is 0 Å². The summed E-state index contributed by atoms with van der Waals surface area (Å²) in [5, 5.41) is 6.15. The van der Waals surface area contributed by atoms with Gasteiger partial charge in [0, 0.05) is 32.4 Å². The van der Waals surface area contributed by atoms with Crippen LogP contribution in [-0.2, 0) is 0 Å². The van der Waals surface area contributed by atoms with Gasteiger partial charge < -0.3 is 5.01 Å². The van der Waals surface area contributed by atoms with Crippen molar-refractivity contribution in [1.29, 1.82) is 0 Å². The fourth-order valence-electron chi connectivity index (χ4n) is 1.46. The number of hydrogen-bond acceptors (Lipinski definition) is 3. The van der Waals surface area contributed by atoms with Crippen molar-refractivity contribution in [2.24, 2.45) is 10.1 Å². The third-order valence-electron chi connectivity index (χ3n) is 2.41. The Hall–Kier alpha value is -1.90. The summed E-state index contributed by atoms with van der Waals surface area (Å²) < 4.78 is 0. The zero-order chi connectivity index (χ0) is 12.8. The Kier molecular flexibility index (Phi) is 4.64. The molecule has 0 saturated heterocycles. The van der Waals surface area contributed by atoms with E-state index in [9.17, 15) is 0 Å². The Labute approximate surface area is 103 Å². The monoisotopic (exact) mass is 229 g/mol. The van der Waals surface area contributed by atoms with Crippen LogP contribution < -0.4 is 0 Å². The number of hydrogen-bond donors (Lipinski definition) is 0. The second-order valence-electron chi connectivity index (χ2n) is 3.93. The molecule has 17 heavy (non-hydrogen) atoms. The highest BCUT2D eigenvalue weighted by Gasteiger charge is 2.03. The topological polar surface area (TPSA) is 28.0 Å². The first-order chi connectivity index (χ1) is 8.08. The third kappa shape index (κ3) is 3.55. The summed E-state index contributed by atoms with van der Waals surface area (Å²) in [6.07, 6.45) is 1.76. The van der Waals surface area contributed by atoms with Crippen LogP contribution in [-0.4, -0.2) is 37.6 Å². The predicted octanol–water partition coefficient (Wildman–Crippen LogP) is 2.58. The zero-order valence-electron chi connectivity index (χ0n) is 10.9. The van der Waals surface area contributed by atoms with Crippen LogP contribution in [0.15, 0.2) is 47.0 Å². The molecule has 0 radical (unpaired) electrons. The van der Waals surface area contributed by atoms with E-state index in [4.69, 9.17) is 0 Å². The van der Waals surface area contributed by atoms with Gasteiger partial charge in [-0.3, -0.25) is 4.99 Å². The van der Waals surface area contributed by atoms with Gasteiger partial charge in [-0.2, -0.15) is 5.10 Å². The maximum atomic E-state index is 4.38. The van der Waals surface area contributed by atoms with Crippen LogP contribution in [0.5, 0.6) is 0 Å². The van der Waals surface area contributed by atoms with E-state index in [-0.39, 0.29) is 0 Å². The maximum Gasteiger partial charge on any atom is 0.0898 e. The van der Waals surface area contributed by atoms with Crippen molar-refractivity contribution in [3.8, 4) is 0 Å². The first-order valence-corrected chi connectivity index (χ1v) is 5.51. The van der Waals surface area contributed by atoms with Crippen molar-refractivity contribution < 1.29 is 0 Å². The lowest BCUT2D eigenvalue weighted by atomic mass is 10.0. The van der Waals surface area contributed by atoms with E-state index < -0.39 is 0 Å². The molecular formula is C14H19N3. The van der Waals surface area contributed by atoms with Gasteiger partial charge in [-0.15, -0.1) is 0 Å². The number of nitrogens with zero attached hydrogens (tertiary/aromatic N) is 3. The highest BCUT2D eigenvalue weighted by molar-refractivity contribution is 6.10. The average Bonchev–Trinajstić information content (AvgIpc) is 2.34. The van der Waals surface area contributed by atoms with E-state index in [0.717, 1.165) is 22.6 Å². The number of aliphatic imine (C=N–C) groups is 1. The normalized spacial score (nSPS) is 12.5. The molecule has 3 heteroatoms. The van der Waals surface area contributed by atoms with Gasteiger partial charge in [-0.1, -0.05) is 24.8 Å². The number of allylic oxidation sites excluding steroid dienone is 1. The van der Waals surface area contributed by atoms with Gasteiger partial charge in [0.05, 0.1) is 5.71 Å². The van der Waals surface area contributed by atoms with Crippen LogP contribution in [0.4, 0.5) is 0 Å². The Morgan fingerprint density at radius 3 is 2.47 bits per heavy atom. The Balaban J connectivity index is 3.18. The number of benzene rings is 1. The standard InChI is InChI=1S/C14H19N3/c1-6-14(16-17(4)5)13-9-7-8-12(10-13)11(2)15-3/h6-10H,1H2,2-5H3/b15-11?,16-14+. The van der Waals surface area contributed by atoms with E-state index >= 15 is 0 Å². The molecule has 0 aliphatic heterocycles. The molecule has 0 aliphatic rings. The summed E-state index contributed by atoms with van der Waals surface area (Å²) in [4.78, 5) is 4.19. The highest BCUT2D eigenvalue weighted by Crippen LogP contribution is 2.09. The van der Waals surface area contributed by atoms with E-state index in [1.165, 1.54) is 0 Å². The quantitative estimate of drug-likeness (QED) is 0.576. The third-order valence-corrected chi connectivity index (χ3v) is 2.41. The molecule has 0 aromatic heterocycles. The van der Waals surface area contributed by atoms with Crippen LogP contribution in [0.3, 0.4) is 0 Å². The largest absolute Gasteiger partial charge is 0.303 e. The van der Waals surface area contributed by atoms with Gasteiger partial charge in [0.25, 0.3) is 0 Å². The van der Waals surface area contributed by atoms with Crippen molar-refractivity contribution in [2.45, 2.75) is 6.92 Å². The molecule has 0 fully saturated rings. The molecule has 0 heterocycles. The SMILES string of the molecule is C=C/C(=N\N(C)C)c1cccc(C(C)=NC)c1. The molecule has 90 valence electrons. The van der Waals surface area contributed by atoms with Crippen LogP contribution in [0, 0.1) is 0 Å². The predicted molar refractivity (Wildman–Crippen MR) is 75.0 cm³/mol. The second-order valence-corrected chi connectivity index (χ2v) is 3.93. The molecular weight excluding hydrogens is 210 g/mol. The van der Waals surface area contributed by atoms with E-state index in [1.54, 1.807) is 18.1 Å². The Bertz CT molecular complexity index is 456. The molecule has 0 saturated carbocycles. The molecule has 0 bridgehead atoms. The molecule has 3 nitrogen and oxygen atoms in total. The average molecular weight is 229 g/mol. The van der Waals surface area contributed by atoms with E-state index in [2.05, 4.69) is 22.7 Å². The lowest BCUT2D eigenvalue weighted by Crippen LogP contribution is -2.08.